The van der Waals surface area contributed by atoms with Gasteiger partial charge in [-0.05, 0) is 70.9 Å². The molecule has 0 fully saturated rings. The molecular weight excluding hydrogens is 360 g/mol. The Balaban J connectivity index is 1.73. The Labute approximate surface area is 141 Å². The summed E-state index contributed by atoms with van der Waals surface area (Å²) < 4.78 is 11.5. The van der Waals surface area contributed by atoms with E-state index in [9.17, 15) is 4.79 Å². The second kappa shape index (κ2) is 6.66. The Kier molecular flexibility index (Phi) is 4.43. The van der Waals surface area contributed by atoms with Gasteiger partial charge in [0.15, 0.2) is 10.4 Å². The van der Waals surface area contributed by atoms with Crippen LogP contribution in [0.2, 0.25) is 0 Å². The minimum absolute atomic E-state index is 0.241. The first-order valence-corrected chi connectivity index (χ1v) is 7.66. The molecule has 0 saturated heterocycles. The lowest BCUT2D eigenvalue weighted by atomic mass is 10.2. The number of nitrogens with zero attached hydrogens (tertiary/aromatic N) is 1. The van der Waals surface area contributed by atoms with E-state index >= 15 is 0 Å². The molecule has 1 N–H and O–H groups in total. The molecule has 0 spiro atoms. The molecule has 0 unspecified atom stereocenters. The van der Waals surface area contributed by atoms with Crippen LogP contribution in [0.5, 0.6) is 11.5 Å². The van der Waals surface area contributed by atoms with Gasteiger partial charge in [-0.3, -0.25) is 9.78 Å². The van der Waals surface area contributed by atoms with Gasteiger partial charge in [0.1, 0.15) is 11.5 Å². The quantitative estimate of drug-likeness (QED) is 0.714. The molecule has 2 heterocycles. The van der Waals surface area contributed by atoms with E-state index in [1.54, 1.807) is 42.7 Å². The number of nitrogens with one attached hydrogen (secondary N) is 1. The third-order valence-corrected chi connectivity index (χ3v) is 3.52. The average molecular weight is 373 g/mol. The third-order valence-electron chi connectivity index (χ3n) is 3.09. The van der Waals surface area contributed by atoms with Gasteiger partial charge >= 0.3 is 0 Å². The van der Waals surface area contributed by atoms with E-state index in [1.165, 1.54) is 0 Å². The van der Waals surface area contributed by atoms with Crippen molar-refractivity contribution >= 4 is 27.5 Å². The molecule has 1 amide bonds. The summed E-state index contributed by atoms with van der Waals surface area (Å²) in [5, 5.41) is 2.78. The van der Waals surface area contributed by atoms with Crippen molar-refractivity contribution in [2.75, 3.05) is 5.32 Å². The number of aromatic nitrogens is 1. The number of carbonyl (C=O) groups excluding carboxylic acids is 1. The summed E-state index contributed by atoms with van der Waals surface area (Å²) in [7, 11) is 0. The number of halogens is 1. The molecule has 0 radical (unpaired) electrons. The Morgan fingerprint density at radius 1 is 1.26 bits per heavy atom. The number of benzene rings is 1. The summed E-state index contributed by atoms with van der Waals surface area (Å²) in [6.45, 7) is 1.91. The van der Waals surface area contributed by atoms with Crippen molar-refractivity contribution in [1.82, 2.24) is 4.98 Å². The summed E-state index contributed by atoms with van der Waals surface area (Å²) in [5.74, 6) is 1.30. The zero-order valence-electron chi connectivity index (χ0n) is 12.2. The van der Waals surface area contributed by atoms with Gasteiger partial charge in [-0.1, -0.05) is 0 Å². The van der Waals surface area contributed by atoms with Gasteiger partial charge in [-0.25, -0.2) is 0 Å². The maximum atomic E-state index is 12.0. The van der Waals surface area contributed by atoms with Crippen LogP contribution in [-0.4, -0.2) is 10.9 Å². The third kappa shape index (κ3) is 3.78. The second-order valence-corrected chi connectivity index (χ2v) is 5.61. The van der Waals surface area contributed by atoms with Gasteiger partial charge in [0.05, 0.1) is 6.20 Å². The molecule has 3 aromatic rings. The Morgan fingerprint density at radius 3 is 2.78 bits per heavy atom. The molecule has 0 bridgehead atoms. The van der Waals surface area contributed by atoms with Crippen molar-refractivity contribution in [3.8, 4) is 11.5 Å². The second-order valence-electron chi connectivity index (χ2n) is 4.83. The summed E-state index contributed by atoms with van der Waals surface area (Å²) >= 11 is 3.17. The lowest BCUT2D eigenvalue weighted by Crippen LogP contribution is -2.10. The summed E-state index contributed by atoms with van der Waals surface area (Å²) in [6, 6.07) is 12.3. The van der Waals surface area contributed by atoms with Crippen molar-refractivity contribution in [3.05, 3.63) is 70.9 Å². The fourth-order valence-corrected chi connectivity index (χ4v) is 2.31. The highest BCUT2D eigenvalue weighted by atomic mass is 79.9. The normalized spacial score (nSPS) is 10.3. The van der Waals surface area contributed by atoms with Crippen molar-refractivity contribution in [2.24, 2.45) is 0 Å². The van der Waals surface area contributed by atoms with Crippen LogP contribution in [-0.2, 0) is 0 Å². The van der Waals surface area contributed by atoms with E-state index in [0.29, 0.717) is 21.9 Å². The first kappa shape index (κ1) is 15.3. The molecule has 2 aromatic heterocycles. The predicted molar refractivity (Wildman–Crippen MR) is 89.9 cm³/mol. The zero-order chi connectivity index (χ0) is 16.2. The number of anilines is 1. The largest absolute Gasteiger partial charge is 0.455 e. The molecule has 1 aromatic carbocycles. The monoisotopic (exact) mass is 372 g/mol. The molecule has 6 heteroatoms. The van der Waals surface area contributed by atoms with Gasteiger partial charge in [0, 0.05) is 11.9 Å². The Bertz CT molecular complexity index is 831. The van der Waals surface area contributed by atoms with Crippen LogP contribution >= 0.6 is 15.9 Å². The van der Waals surface area contributed by atoms with E-state index in [-0.39, 0.29) is 11.7 Å². The first-order chi connectivity index (χ1) is 11.1. The standard InChI is InChI=1S/C17H13BrN2O3/c1-11-9-12(20-17(21)15-6-7-16(18)23-15)4-5-14(11)22-13-3-2-8-19-10-13/h2-10H,1H3,(H,20,21). The number of aryl methyl sites for hydroxylation is 1. The lowest BCUT2D eigenvalue weighted by molar-refractivity contribution is 0.0995. The van der Waals surface area contributed by atoms with Crippen molar-refractivity contribution in [3.63, 3.8) is 0 Å². The van der Waals surface area contributed by atoms with Crippen LogP contribution in [0, 0.1) is 6.92 Å². The first-order valence-electron chi connectivity index (χ1n) is 6.87. The molecule has 0 saturated carbocycles. The molecule has 0 aliphatic heterocycles. The number of ether oxygens (including phenoxy) is 1. The number of carbonyl (C=O) groups is 1. The fraction of sp³-hybridized carbons (Fsp3) is 0.0588. The molecule has 3 rings (SSSR count). The molecule has 0 aliphatic rings. The maximum Gasteiger partial charge on any atom is 0.291 e. The predicted octanol–water partition coefficient (Wildman–Crippen LogP) is 4.79. The van der Waals surface area contributed by atoms with Crippen LogP contribution in [0.4, 0.5) is 5.69 Å². The topological polar surface area (TPSA) is 64.4 Å². The Hall–Kier alpha value is -2.60. The Morgan fingerprint density at radius 2 is 2.13 bits per heavy atom. The van der Waals surface area contributed by atoms with E-state index in [2.05, 4.69) is 26.2 Å². The van der Waals surface area contributed by atoms with Gasteiger partial charge in [0.2, 0.25) is 0 Å². The van der Waals surface area contributed by atoms with Gasteiger partial charge in [-0.2, -0.15) is 0 Å². The van der Waals surface area contributed by atoms with Crippen molar-refractivity contribution in [2.45, 2.75) is 6.92 Å². The maximum absolute atomic E-state index is 12.0. The highest BCUT2D eigenvalue weighted by molar-refractivity contribution is 9.10. The summed E-state index contributed by atoms with van der Waals surface area (Å²) in [5.41, 5.74) is 1.56. The number of rotatable bonds is 4. The minimum atomic E-state index is -0.309. The summed E-state index contributed by atoms with van der Waals surface area (Å²) in [6.07, 6.45) is 3.33. The van der Waals surface area contributed by atoms with E-state index in [0.717, 1.165) is 5.56 Å². The molecule has 0 aliphatic carbocycles. The van der Waals surface area contributed by atoms with Gasteiger partial charge in [-0.15, -0.1) is 0 Å². The number of hydrogen-bond donors (Lipinski definition) is 1. The van der Waals surface area contributed by atoms with E-state index < -0.39 is 0 Å². The highest BCUT2D eigenvalue weighted by Crippen LogP contribution is 2.27. The average Bonchev–Trinajstić information content (AvgIpc) is 2.98. The summed E-state index contributed by atoms with van der Waals surface area (Å²) in [4.78, 5) is 16.1. The van der Waals surface area contributed by atoms with Crippen molar-refractivity contribution in [1.29, 1.82) is 0 Å². The number of hydrogen-bond acceptors (Lipinski definition) is 4. The van der Waals surface area contributed by atoms with Gasteiger partial charge in [0.25, 0.3) is 5.91 Å². The molecule has 23 heavy (non-hydrogen) atoms. The highest BCUT2D eigenvalue weighted by Gasteiger charge is 2.11. The smallest absolute Gasteiger partial charge is 0.291 e. The number of amides is 1. The van der Waals surface area contributed by atoms with Gasteiger partial charge < -0.3 is 14.5 Å². The van der Waals surface area contributed by atoms with Crippen LogP contribution in [0.25, 0.3) is 0 Å². The van der Waals surface area contributed by atoms with Crippen LogP contribution in [0.1, 0.15) is 16.1 Å². The SMILES string of the molecule is Cc1cc(NC(=O)c2ccc(Br)o2)ccc1Oc1cccnc1. The molecular formula is C17H13BrN2O3. The van der Waals surface area contributed by atoms with Crippen LogP contribution < -0.4 is 10.1 Å². The van der Waals surface area contributed by atoms with E-state index in [1.807, 2.05) is 19.1 Å². The van der Waals surface area contributed by atoms with Crippen LogP contribution in [0.3, 0.4) is 0 Å². The van der Waals surface area contributed by atoms with Crippen molar-refractivity contribution < 1.29 is 13.9 Å². The number of pyridine rings is 1. The number of furan rings is 1. The molecule has 5 nitrogen and oxygen atoms in total. The van der Waals surface area contributed by atoms with E-state index in [4.69, 9.17) is 9.15 Å². The molecule has 0 atom stereocenters. The zero-order valence-corrected chi connectivity index (χ0v) is 13.8. The fourth-order valence-electron chi connectivity index (χ4n) is 2.01. The minimum Gasteiger partial charge on any atom is -0.455 e. The molecule has 116 valence electrons. The lowest BCUT2D eigenvalue weighted by Gasteiger charge is -2.10. The van der Waals surface area contributed by atoms with Crippen LogP contribution in [0.15, 0.2) is 63.9 Å².